The number of hydrogen-bond acceptors (Lipinski definition) is 5. The number of nitrogens with one attached hydrogen (secondary N) is 1. The minimum Gasteiger partial charge on any atom is -0.491 e. The van der Waals surface area contributed by atoms with Crippen molar-refractivity contribution >= 4 is 45.6 Å². The Morgan fingerprint density at radius 1 is 1.27 bits per heavy atom. The molecule has 1 aromatic carbocycles. The van der Waals surface area contributed by atoms with Gasteiger partial charge in [-0.15, -0.1) is 10.2 Å². The van der Waals surface area contributed by atoms with Gasteiger partial charge in [-0.1, -0.05) is 41.5 Å². The summed E-state index contributed by atoms with van der Waals surface area (Å²) < 4.78 is 5.33. The highest BCUT2D eigenvalue weighted by Gasteiger charge is 2.15. The summed E-state index contributed by atoms with van der Waals surface area (Å²) in [5.41, 5.74) is 0.339. The lowest BCUT2D eigenvalue weighted by Gasteiger charge is -2.09. The zero-order valence-electron chi connectivity index (χ0n) is 12.2. The van der Waals surface area contributed by atoms with E-state index in [9.17, 15) is 4.79 Å². The lowest BCUT2D eigenvalue weighted by atomic mass is 10.2. The Labute approximate surface area is 142 Å². The minimum absolute atomic E-state index is 0.295. The number of benzene rings is 1. The number of aromatic nitrogens is 2. The highest BCUT2D eigenvalue weighted by molar-refractivity contribution is 7.15. The molecule has 0 spiro atoms. The summed E-state index contributed by atoms with van der Waals surface area (Å²) in [6.45, 7) is 4.33. The van der Waals surface area contributed by atoms with Crippen LogP contribution in [0.5, 0.6) is 5.75 Å². The van der Waals surface area contributed by atoms with Crippen molar-refractivity contribution < 1.29 is 9.53 Å². The highest BCUT2D eigenvalue weighted by Crippen LogP contribution is 2.34. The number of rotatable bonds is 6. The summed E-state index contributed by atoms with van der Waals surface area (Å²) in [5, 5.41) is 12.6. The van der Waals surface area contributed by atoms with Gasteiger partial charge >= 0.3 is 0 Å². The Kier molecular flexibility index (Phi) is 5.99. The number of amides is 1. The third-order valence-corrected chi connectivity index (χ3v) is 4.16. The molecule has 5 nitrogen and oxygen atoms in total. The lowest BCUT2D eigenvalue weighted by Crippen LogP contribution is -2.12. The van der Waals surface area contributed by atoms with Crippen molar-refractivity contribution in [1.29, 1.82) is 0 Å². The van der Waals surface area contributed by atoms with E-state index in [2.05, 4.69) is 22.4 Å². The van der Waals surface area contributed by atoms with Gasteiger partial charge in [0.25, 0.3) is 5.91 Å². The largest absolute Gasteiger partial charge is 0.491 e. The Morgan fingerprint density at radius 2 is 1.95 bits per heavy atom. The summed E-state index contributed by atoms with van der Waals surface area (Å²) >= 11 is 13.5. The summed E-state index contributed by atoms with van der Waals surface area (Å²) in [4.78, 5) is 12.2. The van der Waals surface area contributed by atoms with Crippen molar-refractivity contribution in [3.63, 3.8) is 0 Å². The molecule has 0 fully saturated rings. The number of carbonyl (C=O) groups excluding carboxylic acids is 1. The van der Waals surface area contributed by atoms with Crippen LogP contribution in [-0.2, 0) is 6.42 Å². The molecule has 0 unspecified atom stereocenters. The average Bonchev–Trinajstić information content (AvgIpc) is 2.90. The molecule has 1 N–H and O–H groups in total. The first-order chi connectivity index (χ1) is 10.5. The monoisotopic (exact) mass is 359 g/mol. The maximum atomic E-state index is 12.2. The van der Waals surface area contributed by atoms with E-state index in [1.165, 1.54) is 23.5 Å². The van der Waals surface area contributed by atoms with Crippen LogP contribution in [0.3, 0.4) is 0 Å². The number of halogens is 2. The molecular formula is C14H15Cl2N3O2S. The molecule has 1 heterocycles. The van der Waals surface area contributed by atoms with Crippen LogP contribution in [0.1, 0.15) is 35.6 Å². The van der Waals surface area contributed by atoms with Crippen LogP contribution in [0.15, 0.2) is 12.1 Å². The summed E-state index contributed by atoms with van der Waals surface area (Å²) in [6, 6.07) is 3.03. The van der Waals surface area contributed by atoms with Gasteiger partial charge in [0.1, 0.15) is 5.01 Å². The minimum atomic E-state index is -0.342. The zero-order valence-corrected chi connectivity index (χ0v) is 14.5. The van der Waals surface area contributed by atoms with E-state index in [1.807, 2.05) is 6.92 Å². The maximum absolute atomic E-state index is 12.2. The van der Waals surface area contributed by atoms with Crippen LogP contribution in [0.2, 0.25) is 10.0 Å². The molecule has 22 heavy (non-hydrogen) atoms. The number of hydrogen-bond donors (Lipinski definition) is 1. The zero-order chi connectivity index (χ0) is 16.1. The third-order valence-electron chi connectivity index (χ3n) is 2.70. The lowest BCUT2D eigenvalue weighted by molar-refractivity contribution is 0.102. The Bertz CT molecular complexity index is 653. The van der Waals surface area contributed by atoms with Gasteiger partial charge in [-0.2, -0.15) is 0 Å². The van der Waals surface area contributed by atoms with Gasteiger partial charge < -0.3 is 4.74 Å². The first kappa shape index (κ1) is 17.0. The number of nitrogens with zero attached hydrogens (tertiary/aromatic N) is 2. The van der Waals surface area contributed by atoms with Gasteiger partial charge in [0.2, 0.25) is 5.13 Å². The second-order valence-corrected chi connectivity index (χ2v) is 6.28. The smallest absolute Gasteiger partial charge is 0.257 e. The SMILES string of the molecule is CCCc1nnc(NC(=O)c2cc(Cl)c(OCC)c(Cl)c2)s1. The number of anilines is 1. The molecule has 1 amide bonds. The molecule has 0 saturated heterocycles. The van der Waals surface area contributed by atoms with Gasteiger partial charge in [0, 0.05) is 12.0 Å². The van der Waals surface area contributed by atoms with Crippen molar-refractivity contribution in [3.8, 4) is 5.75 Å². The van der Waals surface area contributed by atoms with Crippen molar-refractivity contribution in [2.45, 2.75) is 26.7 Å². The van der Waals surface area contributed by atoms with Gasteiger partial charge in [-0.05, 0) is 25.5 Å². The molecule has 0 aliphatic heterocycles. The first-order valence-electron chi connectivity index (χ1n) is 6.80. The van der Waals surface area contributed by atoms with Crippen molar-refractivity contribution in [2.75, 3.05) is 11.9 Å². The molecule has 2 aromatic rings. The Hall–Kier alpha value is -1.37. The average molecular weight is 360 g/mol. The number of aryl methyl sites for hydroxylation is 1. The third kappa shape index (κ3) is 4.09. The van der Waals surface area contributed by atoms with Crippen molar-refractivity contribution in [1.82, 2.24) is 10.2 Å². The van der Waals surface area contributed by atoms with Crippen LogP contribution in [0.4, 0.5) is 5.13 Å². The Morgan fingerprint density at radius 3 is 2.55 bits per heavy atom. The number of carbonyl (C=O) groups is 1. The molecular weight excluding hydrogens is 345 g/mol. The Balaban J connectivity index is 2.15. The predicted molar refractivity (Wildman–Crippen MR) is 89.5 cm³/mol. The van der Waals surface area contributed by atoms with Crippen LogP contribution in [0, 0.1) is 0 Å². The molecule has 0 bridgehead atoms. The van der Waals surface area contributed by atoms with E-state index in [4.69, 9.17) is 27.9 Å². The van der Waals surface area contributed by atoms with Crippen LogP contribution in [-0.4, -0.2) is 22.7 Å². The van der Waals surface area contributed by atoms with Crippen LogP contribution >= 0.6 is 34.5 Å². The van der Waals surface area contributed by atoms with Gasteiger partial charge in [-0.25, -0.2) is 0 Å². The second-order valence-electron chi connectivity index (χ2n) is 4.41. The summed E-state index contributed by atoms with van der Waals surface area (Å²) in [6.07, 6.45) is 1.82. The fraction of sp³-hybridized carbons (Fsp3) is 0.357. The molecule has 2 rings (SSSR count). The second kappa shape index (κ2) is 7.76. The van der Waals surface area contributed by atoms with E-state index >= 15 is 0 Å². The van der Waals surface area contributed by atoms with Crippen LogP contribution in [0.25, 0.3) is 0 Å². The summed E-state index contributed by atoms with van der Waals surface area (Å²) in [7, 11) is 0. The van der Waals surface area contributed by atoms with Crippen LogP contribution < -0.4 is 10.1 Å². The molecule has 8 heteroatoms. The highest BCUT2D eigenvalue weighted by atomic mass is 35.5. The standard InChI is InChI=1S/C14H15Cl2N3O2S/c1-3-5-11-18-19-14(22-11)17-13(20)8-6-9(15)12(21-4-2)10(16)7-8/h6-7H,3-5H2,1-2H3,(H,17,19,20). The van der Waals surface area contributed by atoms with Crippen molar-refractivity contribution in [3.05, 3.63) is 32.7 Å². The van der Waals surface area contributed by atoms with Gasteiger partial charge in [0.05, 0.1) is 16.7 Å². The quantitative estimate of drug-likeness (QED) is 0.827. The van der Waals surface area contributed by atoms with E-state index in [0.29, 0.717) is 33.1 Å². The van der Waals surface area contributed by atoms with E-state index in [1.54, 1.807) is 0 Å². The fourth-order valence-corrected chi connectivity index (χ4v) is 3.19. The van der Waals surface area contributed by atoms with E-state index in [0.717, 1.165) is 17.8 Å². The predicted octanol–water partition coefficient (Wildman–Crippen LogP) is 4.45. The van der Waals surface area contributed by atoms with Gasteiger partial charge in [-0.3, -0.25) is 10.1 Å². The number of ether oxygens (including phenoxy) is 1. The van der Waals surface area contributed by atoms with Gasteiger partial charge in [0.15, 0.2) is 5.75 Å². The topological polar surface area (TPSA) is 64.1 Å². The van der Waals surface area contributed by atoms with E-state index in [-0.39, 0.29) is 5.91 Å². The summed E-state index contributed by atoms with van der Waals surface area (Å²) in [5.74, 6) is 0.0366. The van der Waals surface area contributed by atoms with E-state index < -0.39 is 0 Å². The molecule has 118 valence electrons. The van der Waals surface area contributed by atoms with Crippen molar-refractivity contribution in [2.24, 2.45) is 0 Å². The molecule has 0 aliphatic rings. The molecule has 0 radical (unpaired) electrons. The molecule has 0 aliphatic carbocycles. The molecule has 0 saturated carbocycles. The maximum Gasteiger partial charge on any atom is 0.257 e. The fourth-order valence-electron chi connectivity index (χ4n) is 1.76. The molecule has 0 atom stereocenters. The molecule has 1 aromatic heterocycles. The normalized spacial score (nSPS) is 10.5. The first-order valence-corrected chi connectivity index (χ1v) is 8.38.